The normalized spacial score (nSPS) is 27.1. The van der Waals surface area contributed by atoms with E-state index in [-0.39, 0.29) is 5.91 Å². The topological polar surface area (TPSA) is 55.1 Å². The Hall–Kier alpha value is -1.51. The Bertz CT molecular complexity index is 430. The van der Waals surface area contributed by atoms with Gasteiger partial charge >= 0.3 is 0 Å². The van der Waals surface area contributed by atoms with Gasteiger partial charge in [0.05, 0.1) is 5.56 Å². The molecule has 3 unspecified atom stereocenters. The highest BCUT2D eigenvalue weighted by Crippen LogP contribution is 2.34. The Morgan fingerprint density at radius 1 is 1.39 bits per heavy atom. The highest BCUT2D eigenvalue weighted by atomic mass is 16.1. The number of hydrogen-bond acceptors (Lipinski definition) is 2. The maximum absolute atomic E-state index is 12.2. The second-order valence-corrected chi connectivity index (χ2v) is 5.27. The van der Waals surface area contributed by atoms with E-state index in [2.05, 4.69) is 19.2 Å². The Balaban J connectivity index is 2.03. The van der Waals surface area contributed by atoms with Crippen LogP contribution in [0.15, 0.2) is 24.3 Å². The molecule has 1 saturated carbocycles. The largest absolute Gasteiger partial charge is 0.398 e. The minimum atomic E-state index is -0.0401. The van der Waals surface area contributed by atoms with Crippen molar-refractivity contribution in [2.24, 2.45) is 11.8 Å². The second kappa shape index (κ2) is 5.42. The molecule has 0 bridgehead atoms. The summed E-state index contributed by atoms with van der Waals surface area (Å²) in [4.78, 5) is 12.2. The fourth-order valence-corrected chi connectivity index (χ4v) is 2.98. The standard InChI is InChI=1S/C15H22N2O/c1-3-11-8-9-14(10(11)2)17-15(18)12-6-4-5-7-13(12)16/h4-7,10-11,14H,3,8-9,16H2,1-2H3,(H,17,18). The van der Waals surface area contributed by atoms with E-state index in [4.69, 9.17) is 5.73 Å². The van der Waals surface area contributed by atoms with Gasteiger partial charge in [-0.1, -0.05) is 32.4 Å². The maximum Gasteiger partial charge on any atom is 0.253 e. The van der Waals surface area contributed by atoms with Gasteiger partial charge < -0.3 is 11.1 Å². The van der Waals surface area contributed by atoms with Crippen molar-refractivity contribution in [3.8, 4) is 0 Å². The summed E-state index contributed by atoms with van der Waals surface area (Å²) in [6.45, 7) is 4.46. The third-order valence-corrected chi connectivity index (χ3v) is 4.27. The second-order valence-electron chi connectivity index (χ2n) is 5.27. The average Bonchev–Trinajstić information content (AvgIpc) is 2.71. The molecule has 1 amide bonds. The van der Waals surface area contributed by atoms with Crippen molar-refractivity contribution in [3.05, 3.63) is 29.8 Å². The third kappa shape index (κ3) is 2.50. The van der Waals surface area contributed by atoms with Crippen LogP contribution in [0.25, 0.3) is 0 Å². The van der Waals surface area contributed by atoms with E-state index >= 15 is 0 Å². The van der Waals surface area contributed by atoms with Gasteiger partial charge in [0.2, 0.25) is 0 Å². The Morgan fingerprint density at radius 2 is 2.11 bits per heavy atom. The number of carbonyl (C=O) groups excluding carboxylic acids is 1. The van der Waals surface area contributed by atoms with Crippen LogP contribution in [-0.2, 0) is 0 Å². The summed E-state index contributed by atoms with van der Waals surface area (Å²) in [5.74, 6) is 1.26. The smallest absolute Gasteiger partial charge is 0.253 e. The van der Waals surface area contributed by atoms with Gasteiger partial charge in [0.25, 0.3) is 5.91 Å². The molecule has 0 aromatic heterocycles. The van der Waals surface area contributed by atoms with Crippen LogP contribution in [0.5, 0.6) is 0 Å². The predicted octanol–water partition coefficient (Wildman–Crippen LogP) is 2.82. The van der Waals surface area contributed by atoms with Gasteiger partial charge in [-0.05, 0) is 36.8 Å². The molecule has 1 aliphatic rings. The van der Waals surface area contributed by atoms with Crippen molar-refractivity contribution >= 4 is 11.6 Å². The zero-order valence-electron chi connectivity index (χ0n) is 11.1. The van der Waals surface area contributed by atoms with Gasteiger partial charge in [0, 0.05) is 11.7 Å². The van der Waals surface area contributed by atoms with Crippen LogP contribution in [-0.4, -0.2) is 11.9 Å². The van der Waals surface area contributed by atoms with Crippen LogP contribution in [0.2, 0.25) is 0 Å². The van der Waals surface area contributed by atoms with Crippen molar-refractivity contribution in [3.63, 3.8) is 0 Å². The molecule has 18 heavy (non-hydrogen) atoms. The van der Waals surface area contributed by atoms with Crippen molar-refractivity contribution < 1.29 is 4.79 Å². The molecule has 3 atom stereocenters. The molecule has 3 heteroatoms. The summed E-state index contributed by atoms with van der Waals surface area (Å²) in [5, 5.41) is 3.13. The van der Waals surface area contributed by atoms with E-state index in [1.165, 1.54) is 12.8 Å². The first-order valence-electron chi connectivity index (χ1n) is 6.78. The number of nitrogens with one attached hydrogen (secondary N) is 1. The number of anilines is 1. The summed E-state index contributed by atoms with van der Waals surface area (Å²) in [5.41, 5.74) is 6.96. The van der Waals surface area contributed by atoms with E-state index in [0.717, 1.165) is 12.3 Å². The van der Waals surface area contributed by atoms with E-state index in [1.807, 2.05) is 12.1 Å². The quantitative estimate of drug-likeness (QED) is 0.806. The fourth-order valence-electron chi connectivity index (χ4n) is 2.98. The first-order valence-corrected chi connectivity index (χ1v) is 6.78. The molecule has 0 aliphatic heterocycles. The van der Waals surface area contributed by atoms with E-state index in [0.29, 0.717) is 23.2 Å². The lowest BCUT2D eigenvalue weighted by molar-refractivity contribution is 0.0927. The van der Waals surface area contributed by atoms with Crippen LogP contribution in [0.3, 0.4) is 0 Å². The fraction of sp³-hybridized carbons (Fsp3) is 0.533. The van der Waals surface area contributed by atoms with E-state index in [1.54, 1.807) is 12.1 Å². The number of amides is 1. The highest BCUT2D eigenvalue weighted by Gasteiger charge is 2.32. The molecule has 0 heterocycles. The van der Waals surface area contributed by atoms with Gasteiger partial charge in [-0.2, -0.15) is 0 Å². The molecule has 1 aromatic carbocycles. The summed E-state index contributed by atoms with van der Waals surface area (Å²) in [6.07, 6.45) is 3.49. The molecular weight excluding hydrogens is 224 g/mol. The summed E-state index contributed by atoms with van der Waals surface area (Å²) in [7, 11) is 0. The van der Waals surface area contributed by atoms with Crippen molar-refractivity contribution in [2.75, 3.05) is 5.73 Å². The van der Waals surface area contributed by atoms with Gasteiger partial charge in [-0.15, -0.1) is 0 Å². The van der Waals surface area contributed by atoms with Crippen LogP contribution in [0.4, 0.5) is 5.69 Å². The molecule has 1 aromatic rings. The minimum Gasteiger partial charge on any atom is -0.398 e. The molecule has 3 N–H and O–H groups in total. The predicted molar refractivity (Wildman–Crippen MR) is 74.3 cm³/mol. The lowest BCUT2D eigenvalue weighted by Gasteiger charge is -2.21. The molecule has 1 fully saturated rings. The molecule has 1 aliphatic carbocycles. The summed E-state index contributed by atoms with van der Waals surface area (Å²) < 4.78 is 0. The minimum absolute atomic E-state index is 0.0401. The molecule has 98 valence electrons. The van der Waals surface area contributed by atoms with Crippen LogP contribution in [0, 0.1) is 11.8 Å². The Morgan fingerprint density at radius 3 is 2.72 bits per heavy atom. The molecular formula is C15H22N2O. The summed E-state index contributed by atoms with van der Waals surface area (Å²) >= 11 is 0. The number of carbonyl (C=O) groups is 1. The molecule has 3 nitrogen and oxygen atoms in total. The first-order chi connectivity index (χ1) is 8.63. The Labute approximate surface area is 109 Å². The molecule has 0 saturated heterocycles. The summed E-state index contributed by atoms with van der Waals surface area (Å²) in [6, 6.07) is 7.53. The highest BCUT2D eigenvalue weighted by molar-refractivity contribution is 5.99. The molecule has 0 spiro atoms. The number of rotatable bonds is 3. The average molecular weight is 246 g/mol. The number of benzene rings is 1. The van der Waals surface area contributed by atoms with Gasteiger partial charge in [-0.3, -0.25) is 4.79 Å². The van der Waals surface area contributed by atoms with Crippen LogP contribution >= 0.6 is 0 Å². The molecule has 0 radical (unpaired) electrons. The van der Waals surface area contributed by atoms with Crippen molar-refractivity contribution in [2.45, 2.75) is 39.2 Å². The number of nitrogen functional groups attached to an aromatic ring is 1. The third-order valence-electron chi connectivity index (χ3n) is 4.27. The molecule has 2 rings (SSSR count). The van der Waals surface area contributed by atoms with Crippen molar-refractivity contribution in [1.29, 1.82) is 0 Å². The zero-order valence-corrected chi connectivity index (χ0v) is 11.1. The van der Waals surface area contributed by atoms with E-state index in [9.17, 15) is 4.79 Å². The lowest BCUT2D eigenvalue weighted by atomic mass is 9.93. The van der Waals surface area contributed by atoms with Crippen molar-refractivity contribution in [1.82, 2.24) is 5.32 Å². The van der Waals surface area contributed by atoms with Gasteiger partial charge in [0.15, 0.2) is 0 Å². The number of para-hydroxylation sites is 1. The SMILES string of the molecule is CCC1CCC(NC(=O)c2ccccc2N)C1C. The van der Waals surface area contributed by atoms with Gasteiger partial charge in [0.1, 0.15) is 0 Å². The van der Waals surface area contributed by atoms with E-state index < -0.39 is 0 Å². The van der Waals surface area contributed by atoms with Crippen LogP contribution in [0.1, 0.15) is 43.5 Å². The zero-order chi connectivity index (χ0) is 13.1. The lowest BCUT2D eigenvalue weighted by Crippen LogP contribution is -2.37. The first kappa shape index (κ1) is 12.9. The van der Waals surface area contributed by atoms with Crippen LogP contribution < -0.4 is 11.1 Å². The van der Waals surface area contributed by atoms with Gasteiger partial charge in [-0.25, -0.2) is 0 Å². The maximum atomic E-state index is 12.2. The Kier molecular flexibility index (Phi) is 3.90. The number of hydrogen-bond donors (Lipinski definition) is 2. The monoisotopic (exact) mass is 246 g/mol. The number of nitrogens with two attached hydrogens (primary N) is 1.